The first kappa shape index (κ1) is 22.2. The lowest BCUT2D eigenvalue weighted by molar-refractivity contribution is -0.140. The summed E-state index contributed by atoms with van der Waals surface area (Å²) in [4.78, 5) is 22.0. The van der Waals surface area contributed by atoms with E-state index >= 15 is 0 Å². The Hall–Kier alpha value is -0.820. The maximum Gasteiger partial charge on any atom is 0.240 e. The molecule has 3 rings (SSSR count). The van der Waals surface area contributed by atoms with Crippen molar-refractivity contribution in [2.24, 2.45) is 7.05 Å². The number of hydrogen-bond donors (Lipinski definition) is 1. The second-order valence-corrected chi connectivity index (χ2v) is 6.77. The Labute approximate surface area is 163 Å². The van der Waals surface area contributed by atoms with Gasteiger partial charge in [-0.25, -0.2) is 4.98 Å². The van der Waals surface area contributed by atoms with Crippen molar-refractivity contribution >= 4 is 30.7 Å². The molecule has 25 heavy (non-hydrogen) atoms. The van der Waals surface area contributed by atoms with Crippen LogP contribution in [0.5, 0.6) is 0 Å². The molecule has 0 radical (unpaired) electrons. The van der Waals surface area contributed by atoms with Crippen molar-refractivity contribution in [3.05, 3.63) is 18.2 Å². The normalized spacial score (nSPS) is 23.1. The zero-order valence-electron chi connectivity index (χ0n) is 15.2. The van der Waals surface area contributed by atoms with Gasteiger partial charge in [0.1, 0.15) is 11.9 Å². The Balaban J connectivity index is 0.00000156. The van der Waals surface area contributed by atoms with Gasteiger partial charge in [0.05, 0.1) is 6.04 Å². The highest BCUT2D eigenvalue weighted by Crippen LogP contribution is 2.23. The van der Waals surface area contributed by atoms with Crippen molar-refractivity contribution in [3.63, 3.8) is 0 Å². The summed E-state index contributed by atoms with van der Waals surface area (Å²) in [6, 6.07) is -0.000327. The minimum atomic E-state index is -0.0334. The summed E-state index contributed by atoms with van der Waals surface area (Å²) >= 11 is 0. The summed E-state index contributed by atoms with van der Waals surface area (Å²) in [5, 5.41) is 3.40. The number of halogens is 2. The minimum Gasteiger partial charge on any atom is -0.336 e. The standard InChI is InChI=1S/C17H29N5O.2ClH/c1-14(21-9-5-3-4-6-10-21)17(23)22-12-7-18-13-15(22)16-19-8-11-20(16)2;;/h8,11,14-15,18H,3-7,9-10,12-13H2,1-2H3;2*1H. The van der Waals surface area contributed by atoms with Crippen LogP contribution in [0.3, 0.4) is 0 Å². The number of carbonyl (C=O) groups is 1. The zero-order valence-corrected chi connectivity index (χ0v) is 16.8. The molecule has 2 atom stereocenters. The Morgan fingerprint density at radius 1 is 1.20 bits per heavy atom. The fraction of sp³-hybridized carbons (Fsp3) is 0.765. The molecule has 2 aliphatic heterocycles. The number of hydrogen-bond acceptors (Lipinski definition) is 4. The SMILES string of the molecule is CC(C(=O)N1CCNCC1c1nccn1C)N1CCCCCC1.Cl.Cl. The van der Waals surface area contributed by atoms with Crippen molar-refractivity contribution in [2.75, 3.05) is 32.7 Å². The van der Waals surface area contributed by atoms with Gasteiger partial charge in [0, 0.05) is 39.1 Å². The number of nitrogens with one attached hydrogen (secondary N) is 1. The van der Waals surface area contributed by atoms with Crippen molar-refractivity contribution in [1.29, 1.82) is 0 Å². The van der Waals surface area contributed by atoms with Gasteiger partial charge in [-0.15, -0.1) is 24.8 Å². The lowest BCUT2D eigenvalue weighted by Crippen LogP contribution is -2.55. The number of imidazole rings is 1. The third-order valence-corrected chi connectivity index (χ3v) is 5.23. The molecular formula is C17H31Cl2N5O. The van der Waals surface area contributed by atoms with Crippen LogP contribution in [0.15, 0.2) is 12.4 Å². The lowest BCUT2D eigenvalue weighted by atomic mass is 10.1. The molecule has 1 aromatic rings. The Bertz CT molecular complexity index is 531. The maximum atomic E-state index is 13.1. The van der Waals surface area contributed by atoms with Crippen molar-refractivity contribution in [2.45, 2.75) is 44.7 Å². The summed E-state index contributed by atoms with van der Waals surface area (Å²) in [5.41, 5.74) is 0. The van der Waals surface area contributed by atoms with Crippen LogP contribution in [0.25, 0.3) is 0 Å². The Morgan fingerprint density at radius 3 is 2.48 bits per heavy atom. The van der Waals surface area contributed by atoms with Crippen molar-refractivity contribution in [3.8, 4) is 0 Å². The highest BCUT2D eigenvalue weighted by atomic mass is 35.5. The minimum absolute atomic E-state index is 0. The average molecular weight is 392 g/mol. The first-order valence-corrected chi connectivity index (χ1v) is 8.91. The van der Waals surface area contributed by atoms with Gasteiger partial charge in [0.15, 0.2) is 0 Å². The molecule has 3 heterocycles. The van der Waals surface area contributed by atoms with Gasteiger partial charge in [-0.05, 0) is 32.9 Å². The molecule has 2 aliphatic rings. The van der Waals surface area contributed by atoms with Crippen LogP contribution in [0.2, 0.25) is 0 Å². The second-order valence-electron chi connectivity index (χ2n) is 6.77. The van der Waals surface area contributed by atoms with E-state index < -0.39 is 0 Å². The third-order valence-electron chi connectivity index (χ3n) is 5.23. The van der Waals surface area contributed by atoms with E-state index in [4.69, 9.17) is 0 Å². The maximum absolute atomic E-state index is 13.1. The zero-order chi connectivity index (χ0) is 16.2. The van der Waals surface area contributed by atoms with E-state index in [9.17, 15) is 4.79 Å². The molecule has 1 N–H and O–H groups in total. The average Bonchev–Trinajstić information content (AvgIpc) is 2.84. The van der Waals surface area contributed by atoms with Crippen LogP contribution in [0.4, 0.5) is 0 Å². The molecule has 6 nitrogen and oxygen atoms in total. The largest absolute Gasteiger partial charge is 0.336 e. The Morgan fingerprint density at radius 2 is 1.88 bits per heavy atom. The van der Waals surface area contributed by atoms with Gasteiger partial charge in [-0.2, -0.15) is 0 Å². The number of amides is 1. The smallest absolute Gasteiger partial charge is 0.240 e. The van der Waals surface area contributed by atoms with Crippen LogP contribution in [-0.2, 0) is 11.8 Å². The molecule has 2 fully saturated rings. The van der Waals surface area contributed by atoms with Crippen molar-refractivity contribution < 1.29 is 4.79 Å². The number of piperazine rings is 1. The number of aryl methyl sites for hydroxylation is 1. The topological polar surface area (TPSA) is 53.4 Å². The second kappa shape index (κ2) is 10.4. The number of aromatic nitrogens is 2. The third kappa shape index (κ3) is 5.09. The highest BCUT2D eigenvalue weighted by Gasteiger charge is 2.34. The summed E-state index contributed by atoms with van der Waals surface area (Å²) in [6.07, 6.45) is 8.77. The predicted molar refractivity (Wildman–Crippen MR) is 105 cm³/mol. The molecular weight excluding hydrogens is 361 g/mol. The molecule has 0 saturated carbocycles. The number of likely N-dealkylation sites (tertiary alicyclic amines) is 1. The van der Waals surface area contributed by atoms with E-state index in [0.29, 0.717) is 0 Å². The molecule has 144 valence electrons. The molecule has 2 unspecified atom stereocenters. The Kier molecular flexibility index (Phi) is 9.21. The monoisotopic (exact) mass is 391 g/mol. The lowest BCUT2D eigenvalue weighted by Gasteiger charge is -2.39. The van der Waals surface area contributed by atoms with Crippen LogP contribution < -0.4 is 5.32 Å². The first-order valence-electron chi connectivity index (χ1n) is 8.91. The number of nitrogens with zero attached hydrogens (tertiary/aromatic N) is 4. The molecule has 1 aromatic heterocycles. The number of carbonyl (C=O) groups excluding carboxylic acids is 1. The van der Waals surface area contributed by atoms with Gasteiger partial charge >= 0.3 is 0 Å². The molecule has 0 spiro atoms. The number of rotatable bonds is 3. The fourth-order valence-electron chi connectivity index (χ4n) is 3.78. The van der Waals surface area contributed by atoms with E-state index in [0.717, 1.165) is 38.5 Å². The van der Waals surface area contributed by atoms with Crippen LogP contribution in [-0.4, -0.2) is 64.0 Å². The summed E-state index contributed by atoms with van der Waals surface area (Å²) in [5.74, 6) is 1.22. The van der Waals surface area contributed by atoms with E-state index in [1.165, 1.54) is 25.7 Å². The van der Waals surface area contributed by atoms with E-state index in [1.807, 2.05) is 28.9 Å². The molecule has 8 heteroatoms. The van der Waals surface area contributed by atoms with Crippen LogP contribution in [0, 0.1) is 0 Å². The van der Waals surface area contributed by atoms with Gasteiger partial charge in [-0.1, -0.05) is 12.8 Å². The summed E-state index contributed by atoms with van der Waals surface area (Å²) < 4.78 is 2.02. The molecule has 0 aliphatic carbocycles. The molecule has 0 aromatic carbocycles. The first-order chi connectivity index (χ1) is 11.2. The highest BCUT2D eigenvalue weighted by molar-refractivity contribution is 5.85. The van der Waals surface area contributed by atoms with Gasteiger partial charge in [0.25, 0.3) is 0 Å². The summed E-state index contributed by atoms with van der Waals surface area (Å²) in [7, 11) is 2.00. The predicted octanol–water partition coefficient (Wildman–Crippen LogP) is 2.00. The van der Waals surface area contributed by atoms with Crippen LogP contribution in [0.1, 0.15) is 44.5 Å². The molecule has 2 saturated heterocycles. The quantitative estimate of drug-likeness (QED) is 0.855. The van der Waals surface area contributed by atoms with Crippen molar-refractivity contribution in [1.82, 2.24) is 24.7 Å². The van der Waals surface area contributed by atoms with E-state index in [2.05, 4.69) is 22.1 Å². The molecule has 1 amide bonds. The van der Waals surface area contributed by atoms with E-state index in [1.54, 1.807) is 0 Å². The van der Waals surface area contributed by atoms with Gasteiger partial charge < -0.3 is 14.8 Å². The molecule has 0 bridgehead atoms. The van der Waals surface area contributed by atoms with Gasteiger partial charge in [0.2, 0.25) is 5.91 Å². The fourth-order valence-corrected chi connectivity index (χ4v) is 3.78. The van der Waals surface area contributed by atoms with E-state index in [-0.39, 0.29) is 42.8 Å². The summed E-state index contributed by atoms with van der Waals surface area (Å²) in [6.45, 7) is 6.57. The van der Waals surface area contributed by atoms with Gasteiger partial charge in [-0.3, -0.25) is 9.69 Å². The van der Waals surface area contributed by atoms with Crippen LogP contribution >= 0.6 is 24.8 Å².